The average Bonchev–Trinajstić information content (AvgIpc) is 3.19. The van der Waals surface area contributed by atoms with Crippen molar-refractivity contribution in [3.05, 3.63) is 58.5 Å². The van der Waals surface area contributed by atoms with Crippen LogP contribution in [0.4, 0.5) is 0 Å². The van der Waals surface area contributed by atoms with Crippen LogP contribution in [0, 0.1) is 0 Å². The molecule has 0 fully saturated rings. The van der Waals surface area contributed by atoms with Crippen LogP contribution in [-0.2, 0) is 0 Å². The van der Waals surface area contributed by atoms with E-state index in [0.29, 0.717) is 11.5 Å². The van der Waals surface area contributed by atoms with Gasteiger partial charge in [0.05, 0.1) is 4.88 Å². The van der Waals surface area contributed by atoms with E-state index >= 15 is 0 Å². The van der Waals surface area contributed by atoms with Gasteiger partial charge in [0.25, 0.3) is 11.4 Å². The van der Waals surface area contributed by atoms with E-state index in [1.54, 1.807) is 18.3 Å². The number of thiophene rings is 1. The third kappa shape index (κ3) is 1.95. The summed E-state index contributed by atoms with van der Waals surface area (Å²) in [6.07, 6.45) is 3.12. The van der Waals surface area contributed by atoms with E-state index in [1.807, 2.05) is 23.6 Å². The van der Waals surface area contributed by atoms with Crippen molar-refractivity contribution in [2.24, 2.45) is 0 Å². The number of aromatic nitrogens is 4. The Morgan fingerprint density at radius 2 is 2.14 bits per heavy atom. The van der Waals surface area contributed by atoms with Gasteiger partial charge in [-0.15, -0.1) is 11.3 Å². The Morgan fingerprint density at radius 1 is 1.19 bits per heavy atom. The highest BCUT2D eigenvalue weighted by molar-refractivity contribution is 7.13. The number of rotatable bonds is 2. The molecule has 6 nitrogen and oxygen atoms in total. The lowest BCUT2D eigenvalue weighted by Gasteiger charge is -1.99. The van der Waals surface area contributed by atoms with Gasteiger partial charge < -0.3 is 4.52 Å². The molecular weight excluding hydrogens is 288 g/mol. The Labute approximate surface area is 122 Å². The molecule has 0 saturated heterocycles. The molecule has 0 spiro atoms. The summed E-state index contributed by atoms with van der Waals surface area (Å²) in [5.41, 5.74) is 0.625. The first kappa shape index (κ1) is 12.0. The van der Waals surface area contributed by atoms with Gasteiger partial charge in [-0.2, -0.15) is 4.98 Å². The molecule has 4 aromatic heterocycles. The number of fused-ring (bicyclic) bond motifs is 1. The summed E-state index contributed by atoms with van der Waals surface area (Å²) in [7, 11) is 0. The van der Waals surface area contributed by atoms with Crippen LogP contribution in [0.2, 0.25) is 0 Å². The van der Waals surface area contributed by atoms with Crippen molar-refractivity contribution in [2.45, 2.75) is 0 Å². The van der Waals surface area contributed by atoms with Gasteiger partial charge in [0.1, 0.15) is 11.2 Å². The molecule has 4 aromatic rings. The topological polar surface area (TPSA) is 73.3 Å². The van der Waals surface area contributed by atoms with Crippen LogP contribution in [0.25, 0.3) is 27.8 Å². The molecule has 0 amide bonds. The van der Waals surface area contributed by atoms with Crippen LogP contribution in [0.5, 0.6) is 0 Å². The first-order chi connectivity index (χ1) is 10.3. The summed E-state index contributed by atoms with van der Waals surface area (Å²) in [5.74, 6) is 0.645. The smallest absolute Gasteiger partial charge is 0.270 e. The predicted molar refractivity (Wildman–Crippen MR) is 78.1 cm³/mol. The molecule has 4 rings (SSSR count). The van der Waals surface area contributed by atoms with Crippen LogP contribution in [-0.4, -0.2) is 19.5 Å². The van der Waals surface area contributed by atoms with Crippen molar-refractivity contribution in [1.29, 1.82) is 0 Å². The van der Waals surface area contributed by atoms with Gasteiger partial charge in [-0.25, -0.2) is 4.98 Å². The highest BCUT2D eigenvalue weighted by Crippen LogP contribution is 2.23. The van der Waals surface area contributed by atoms with Crippen molar-refractivity contribution in [3.63, 3.8) is 0 Å². The zero-order chi connectivity index (χ0) is 14.2. The van der Waals surface area contributed by atoms with Gasteiger partial charge in [0, 0.05) is 12.4 Å². The Bertz CT molecular complexity index is 972. The van der Waals surface area contributed by atoms with Crippen molar-refractivity contribution in [3.8, 4) is 22.2 Å². The SMILES string of the molecule is O=c1c(-c2nc(-c3cccs3)no2)cnc2ccccn12. The van der Waals surface area contributed by atoms with Gasteiger partial charge >= 0.3 is 0 Å². The average molecular weight is 296 g/mol. The second-order valence-electron chi connectivity index (χ2n) is 4.31. The summed E-state index contributed by atoms with van der Waals surface area (Å²) in [6.45, 7) is 0. The molecule has 0 unspecified atom stereocenters. The van der Waals surface area contributed by atoms with E-state index < -0.39 is 0 Å². The maximum atomic E-state index is 12.4. The summed E-state index contributed by atoms with van der Waals surface area (Å²) >= 11 is 1.51. The van der Waals surface area contributed by atoms with E-state index in [9.17, 15) is 4.79 Å². The predicted octanol–water partition coefficient (Wildman–Crippen LogP) is 2.47. The number of hydrogen-bond donors (Lipinski definition) is 0. The van der Waals surface area contributed by atoms with Crippen LogP contribution in [0.15, 0.2) is 57.4 Å². The van der Waals surface area contributed by atoms with Crippen molar-refractivity contribution in [2.75, 3.05) is 0 Å². The Kier molecular flexibility index (Phi) is 2.65. The Balaban J connectivity index is 1.87. The summed E-state index contributed by atoms with van der Waals surface area (Å²) in [5, 5.41) is 5.83. The van der Waals surface area contributed by atoms with Crippen LogP contribution in [0.3, 0.4) is 0 Å². The van der Waals surface area contributed by atoms with Gasteiger partial charge in [-0.1, -0.05) is 17.3 Å². The molecule has 7 heteroatoms. The van der Waals surface area contributed by atoms with E-state index in [4.69, 9.17) is 4.52 Å². The molecule has 0 aliphatic rings. The van der Waals surface area contributed by atoms with Crippen molar-refractivity contribution < 1.29 is 4.52 Å². The Morgan fingerprint density at radius 3 is 3.00 bits per heavy atom. The van der Waals surface area contributed by atoms with Gasteiger partial charge in [-0.05, 0) is 23.6 Å². The van der Waals surface area contributed by atoms with Crippen LogP contribution >= 0.6 is 11.3 Å². The number of pyridine rings is 1. The second-order valence-corrected chi connectivity index (χ2v) is 5.25. The maximum absolute atomic E-state index is 12.4. The molecule has 0 N–H and O–H groups in total. The third-order valence-electron chi connectivity index (χ3n) is 3.01. The normalized spacial score (nSPS) is 11.0. The molecule has 0 radical (unpaired) electrons. The largest absolute Gasteiger partial charge is 0.333 e. The standard InChI is InChI=1S/C14H8N4O2S/c19-14-9(8-15-11-5-1-2-6-18(11)14)13-16-12(17-20-13)10-4-3-7-21-10/h1-8H. The van der Waals surface area contributed by atoms with Crippen molar-refractivity contribution >= 4 is 17.0 Å². The van der Waals surface area contributed by atoms with E-state index in [2.05, 4.69) is 15.1 Å². The van der Waals surface area contributed by atoms with E-state index in [-0.39, 0.29) is 17.0 Å². The zero-order valence-electron chi connectivity index (χ0n) is 10.6. The van der Waals surface area contributed by atoms with E-state index in [1.165, 1.54) is 21.9 Å². The summed E-state index contributed by atoms with van der Waals surface area (Å²) in [6, 6.07) is 9.15. The fourth-order valence-corrected chi connectivity index (χ4v) is 2.66. The molecule has 21 heavy (non-hydrogen) atoms. The molecule has 0 aliphatic heterocycles. The van der Waals surface area contributed by atoms with Crippen LogP contribution in [0.1, 0.15) is 0 Å². The zero-order valence-corrected chi connectivity index (χ0v) is 11.4. The maximum Gasteiger partial charge on any atom is 0.270 e. The summed E-state index contributed by atoms with van der Waals surface area (Å²) < 4.78 is 6.65. The molecule has 102 valence electrons. The molecule has 0 aromatic carbocycles. The lowest BCUT2D eigenvalue weighted by atomic mass is 10.3. The molecular formula is C14H8N4O2S. The highest BCUT2D eigenvalue weighted by atomic mass is 32.1. The molecule has 0 saturated carbocycles. The highest BCUT2D eigenvalue weighted by Gasteiger charge is 2.15. The fraction of sp³-hybridized carbons (Fsp3) is 0. The number of nitrogens with zero attached hydrogens (tertiary/aromatic N) is 4. The molecule has 4 heterocycles. The van der Waals surface area contributed by atoms with E-state index in [0.717, 1.165) is 4.88 Å². The monoisotopic (exact) mass is 296 g/mol. The molecule has 0 aliphatic carbocycles. The van der Waals surface area contributed by atoms with Gasteiger partial charge in [0.2, 0.25) is 5.82 Å². The minimum atomic E-state index is -0.234. The van der Waals surface area contributed by atoms with Gasteiger partial charge in [0.15, 0.2) is 0 Å². The molecule has 0 bridgehead atoms. The second kappa shape index (κ2) is 4.64. The first-order valence-corrected chi connectivity index (χ1v) is 7.05. The fourth-order valence-electron chi connectivity index (χ4n) is 2.01. The van der Waals surface area contributed by atoms with Gasteiger partial charge in [-0.3, -0.25) is 9.20 Å². The summed E-state index contributed by atoms with van der Waals surface area (Å²) in [4.78, 5) is 21.8. The lowest BCUT2D eigenvalue weighted by molar-refractivity contribution is 0.431. The number of hydrogen-bond acceptors (Lipinski definition) is 6. The first-order valence-electron chi connectivity index (χ1n) is 6.17. The minimum Gasteiger partial charge on any atom is -0.333 e. The quantitative estimate of drug-likeness (QED) is 0.568. The molecule has 0 atom stereocenters. The Hall–Kier alpha value is -2.80. The van der Waals surface area contributed by atoms with Crippen molar-refractivity contribution in [1.82, 2.24) is 19.5 Å². The van der Waals surface area contributed by atoms with Crippen LogP contribution < -0.4 is 5.56 Å². The minimum absolute atomic E-state index is 0.175. The third-order valence-corrected chi connectivity index (χ3v) is 3.88. The lowest BCUT2D eigenvalue weighted by Crippen LogP contribution is -2.16.